The van der Waals surface area contributed by atoms with E-state index in [4.69, 9.17) is 4.74 Å². The average Bonchev–Trinajstić information content (AvgIpc) is 2.41. The van der Waals surface area contributed by atoms with E-state index < -0.39 is 5.82 Å². The largest absolute Gasteiger partial charge is 0.496 e. The van der Waals surface area contributed by atoms with Crippen molar-refractivity contribution in [2.75, 3.05) is 20.2 Å². The molecule has 6 heteroatoms. The highest BCUT2D eigenvalue weighted by Crippen LogP contribution is 2.20. The van der Waals surface area contributed by atoms with Crippen molar-refractivity contribution in [3.8, 4) is 5.75 Å². The molecule has 2 rings (SSSR count). The second-order valence-corrected chi connectivity index (χ2v) is 4.89. The number of hydrogen-bond donors (Lipinski definition) is 2. The minimum atomic E-state index is -0.440. The van der Waals surface area contributed by atoms with Crippen molar-refractivity contribution in [1.29, 1.82) is 0 Å². The Kier molecular flexibility index (Phi) is 6.23. The van der Waals surface area contributed by atoms with Crippen LogP contribution in [0.4, 0.5) is 4.39 Å². The number of nitrogens with one attached hydrogen (secondary N) is 2. The molecule has 2 unspecified atom stereocenters. The summed E-state index contributed by atoms with van der Waals surface area (Å²) in [6.07, 6.45) is 0.880. The Bertz CT molecular complexity index is 470. The van der Waals surface area contributed by atoms with Crippen molar-refractivity contribution in [1.82, 2.24) is 10.6 Å². The zero-order valence-corrected chi connectivity index (χ0v) is 12.4. The van der Waals surface area contributed by atoms with Crippen LogP contribution in [0.25, 0.3) is 0 Å². The van der Waals surface area contributed by atoms with Gasteiger partial charge in [-0.25, -0.2) is 4.39 Å². The van der Waals surface area contributed by atoms with Crippen LogP contribution >= 0.6 is 12.4 Å². The van der Waals surface area contributed by atoms with Crippen molar-refractivity contribution in [2.45, 2.75) is 19.4 Å². The van der Waals surface area contributed by atoms with E-state index >= 15 is 0 Å². The van der Waals surface area contributed by atoms with Crippen LogP contribution in [0, 0.1) is 11.7 Å². The third kappa shape index (κ3) is 3.84. The summed E-state index contributed by atoms with van der Waals surface area (Å²) in [5.74, 6) is 0.0251. The molecule has 112 valence electrons. The number of halogens is 2. The lowest BCUT2D eigenvalue weighted by Gasteiger charge is -2.30. The molecule has 1 aliphatic rings. The predicted molar refractivity (Wildman–Crippen MR) is 78.1 cm³/mol. The molecule has 20 heavy (non-hydrogen) atoms. The number of hydrogen-bond acceptors (Lipinski definition) is 3. The number of piperidine rings is 1. The molecule has 1 aromatic rings. The van der Waals surface area contributed by atoms with Gasteiger partial charge in [0.2, 0.25) is 0 Å². The fourth-order valence-corrected chi connectivity index (χ4v) is 2.33. The smallest absolute Gasteiger partial charge is 0.255 e. The average molecular weight is 303 g/mol. The third-order valence-corrected chi connectivity index (χ3v) is 3.51. The second kappa shape index (κ2) is 7.45. The Morgan fingerprint density at radius 2 is 2.25 bits per heavy atom. The molecule has 1 fully saturated rings. The van der Waals surface area contributed by atoms with Crippen molar-refractivity contribution in [3.05, 3.63) is 29.6 Å². The number of carbonyl (C=O) groups excluding carboxylic acids is 1. The van der Waals surface area contributed by atoms with E-state index in [2.05, 4.69) is 17.6 Å². The molecule has 1 amide bonds. The monoisotopic (exact) mass is 302 g/mol. The summed E-state index contributed by atoms with van der Waals surface area (Å²) in [4.78, 5) is 12.2. The first-order valence-corrected chi connectivity index (χ1v) is 6.47. The highest BCUT2D eigenvalue weighted by atomic mass is 35.5. The van der Waals surface area contributed by atoms with Gasteiger partial charge in [0.1, 0.15) is 11.6 Å². The summed E-state index contributed by atoms with van der Waals surface area (Å²) in [5, 5.41) is 6.23. The Balaban J connectivity index is 0.00000200. The lowest BCUT2D eigenvalue weighted by Crippen LogP contribution is -2.48. The van der Waals surface area contributed by atoms with Crippen LogP contribution in [0.2, 0.25) is 0 Å². The lowest BCUT2D eigenvalue weighted by molar-refractivity contribution is 0.0910. The van der Waals surface area contributed by atoms with Crippen molar-refractivity contribution in [3.63, 3.8) is 0 Å². The summed E-state index contributed by atoms with van der Waals surface area (Å²) in [5.41, 5.74) is 0.244. The standard InChI is InChI=1S/C14H19FN2O2.ClH/c1-9-8-16-6-5-12(9)17-14(18)11-7-10(15)3-4-13(11)19-2;/h3-4,7,9,12,16H,5-6,8H2,1-2H3,(H,17,18);1H. The van der Waals surface area contributed by atoms with E-state index in [1.165, 1.54) is 25.3 Å². The first kappa shape index (κ1) is 16.7. The summed E-state index contributed by atoms with van der Waals surface area (Å²) in [7, 11) is 1.47. The molecule has 0 aliphatic carbocycles. The van der Waals surface area contributed by atoms with Crippen LogP contribution in [0.15, 0.2) is 18.2 Å². The van der Waals surface area contributed by atoms with Gasteiger partial charge in [0.15, 0.2) is 0 Å². The van der Waals surface area contributed by atoms with Gasteiger partial charge in [-0.15, -0.1) is 12.4 Å². The third-order valence-electron chi connectivity index (χ3n) is 3.51. The predicted octanol–water partition coefficient (Wildman–Crippen LogP) is 1.98. The highest BCUT2D eigenvalue weighted by molar-refractivity contribution is 5.97. The molecule has 1 heterocycles. The summed E-state index contributed by atoms with van der Waals surface area (Å²) in [6, 6.07) is 4.07. The summed E-state index contributed by atoms with van der Waals surface area (Å²) < 4.78 is 18.4. The fourth-order valence-electron chi connectivity index (χ4n) is 2.33. The van der Waals surface area contributed by atoms with Crippen LogP contribution in [-0.2, 0) is 0 Å². The molecule has 0 bridgehead atoms. The van der Waals surface area contributed by atoms with Gasteiger partial charge in [-0.2, -0.15) is 0 Å². The maximum Gasteiger partial charge on any atom is 0.255 e. The molecule has 1 aromatic carbocycles. The van der Waals surface area contributed by atoms with E-state index in [0.29, 0.717) is 11.7 Å². The SMILES string of the molecule is COc1ccc(F)cc1C(=O)NC1CCNCC1C.Cl. The quantitative estimate of drug-likeness (QED) is 0.898. The van der Waals surface area contributed by atoms with E-state index in [1.54, 1.807) is 0 Å². The van der Waals surface area contributed by atoms with Gasteiger partial charge in [0, 0.05) is 6.04 Å². The number of carbonyl (C=O) groups is 1. The van der Waals surface area contributed by atoms with Gasteiger partial charge in [-0.3, -0.25) is 4.79 Å². The number of ether oxygens (including phenoxy) is 1. The first-order chi connectivity index (χ1) is 9.11. The Labute approximate surface area is 124 Å². The maximum absolute atomic E-state index is 13.3. The fraction of sp³-hybridized carbons (Fsp3) is 0.500. The molecule has 1 saturated heterocycles. The van der Waals surface area contributed by atoms with Crippen LogP contribution < -0.4 is 15.4 Å². The zero-order chi connectivity index (χ0) is 13.8. The molecule has 0 aromatic heterocycles. The lowest BCUT2D eigenvalue weighted by atomic mass is 9.95. The Morgan fingerprint density at radius 3 is 2.90 bits per heavy atom. The zero-order valence-electron chi connectivity index (χ0n) is 11.6. The Hall–Kier alpha value is -1.33. The van der Waals surface area contributed by atoms with E-state index in [9.17, 15) is 9.18 Å². The second-order valence-electron chi connectivity index (χ2n) is 4.89. The molecule has 1 aliphatic heterocycles. The number of rotatable bonds is 3. The van der Waals surface area contributed by atoms with Gasteiger partial charge in [0.05, 0.1) is 12.7 Å². The molecular weight excluding hydrogens is 283 g/mol. The van der Waals surface area contributed by atoms with Crippen LogP contribution in [-0.4, -0.2) is 32.1 Å². The van der Waals surface area contributed by atoms with Crippen LogP contribution in [0.3, 0.4) is 0 Å². The topological polar surface area (TPSA) is 50.4 Å². The van der Waals surface area contributed by atoms with Crippen molar-refractivity contribution >= 4 is 18.3 Å². The maximum atomic E-state index is 13.3. The molecule has 0 spiro atoms. The molecule has 2 atom stereocenters. The molecule has 2 N–H and O–H groups in total. The number of methoxy groups -OCH3 is 1. The van der Waals surface area contributed by atoms with E-state index in [1.807, 2.05) is 0 Å². The normalized spacial score (nSPS) is 21.8. The van der Waals surface area contributed by atoms with Crippen LogP contribution in [0.1, 0.15) is 23.7 Å². The molecule has 0 saturated carbocycles. The van der Waals surface area contributed by atoms with Crippen LogP contribution in [0.5, 0.6) is 5.75 Å². The van der Waals surface area contributed by atoms with Gasteiger partial charge in [-0.1, -0.05) is 6.92 Å². The molecule has 0 radical (unpaired) electrons. The first-order valence-electron chi connectivity index (χ1n) is 6.47. The van der Waals surface area contributed by atoms with Gasteiger partial charge in [0.25, 0.3) is 5.91 Å². The minimum Gasteiger partial charge on any atom is -0.496 e. The Morgan fingerprint density at radius 1 is 1.50 bits per heavy atom. The van der Waals surface area contributed by atoms with Gasteiger partial charge in [-0.05, 0) is 43.6 Å². The number of benzene rings is 1. The number of amides is 1. The molecular formula is C14H20ClFN2O2. The molecule has 4 nitrogen and oxygen atoms in total. The van der Waals surface area contributed by atoms with Gasteiger partial charge < -0.3 is 15.4 Å². The summed E-state index contributed by atoms with van der Waals surface area (Å²) in [6.45, 7) is 3.85. The minimum absolute atomic E-state index is 0. The summed E-state index contributed by atoms with van der Waals surface area (Å²) >= 11 is 0. The van der Waals surface area contributed by atoms with Crippen molar-refractivity contribution in [2.24, 2.45) is 5.92 Å². The van der Waals surface area contributed by atoms with Gasteiger partial charge >= 0.3 is 0 Å². The van der Waals surface area contributed by atoms with E-state index in [-0.39, 0.29) is 29.9 Å². The highest BCUT2D eigenvalue weighted by Gasteiger charge is 2.24. The van der Waals surface area contributed by atoms with Crippen molar-refractivity contribution < 1.29 is 13.9 Å². The van der Waals surface area contributed by atoms with E-state index in [0.717, 1.165) is 19.5 Å².